The molecule has 32 heavy (non-hydrogen) atoms. The van der Waals surface area contributed by atoms with E-state index in [4.69, 9.17) is 4.74 Å². The van der Waals surface area contributed by atoms with Crippen LogP contribution < -0.4 is 10.6 Å². The molecule has 0 bridgehead atoms. The van der Waals surface area contributed by atoms with Crippen molar-refractivity contribution in [3.63, 3.8) is 0 Å². The number of benzene rings is 2. The molecule has 0 unspecified atom stereocenters. The maximum atomic E-state index is 12.8. The highest BCUT2D eigenvalue weighted by Crippen LogP contribution is 2.29. The Kier molecular flexibility index (Phi) is 6.66. The molecule has 2 aromatic carbocycles. The number of hydrogen-bond acceptors (Lipinski definition) is 3. The van der Waals surface area contributed by atoms with Crippen molar-refractivity contribution in [2.75, 3.05) is 38.2 Å². The van der Waals surface area contributed by atoms with Crippen molar-refractivity contribution in [3.05, 3.63) is 65.9 Å². The largest absolute Gasteiger partial charge is 0.416 e. The van der Waals surface area contributed by atoms with Crippen LogP contribution in [0.2, 0.25) is 0 Å². The molecular weight excluding hydrogens is 421 g/mol. The van der Waals surface area contributed by atoms with Crippen molar-refractivity contribution >= 4 is 22.6 Å². The third-order valence-corrected chi connectivity index (χ3v) is 5.50. The summed E-state index contributed by atoms with van der Waals surface area (Å²) >= 11 is 0. The van der Waals surface area contributed by atoms with Crippen molar-refractivity contribution in [3.8, 4) is 0 Å². The summed E-state index contributed by atoms with van der Waals surface area (Å²) in [5, 5.41) is 6.34. The van der Waals surface area contributed by atoms with Gasteiger partial charge in [-0.05, 0) is 42.0 Å². The summed E-state index contributed by atoms with van der Waals surface area (Å²) in [6, 6.07) is 12.1. The first-order valence-corrected chi connectivity index (χ1v) is 10.5. The number of ether oxygens (including phenoxy) is 1. The number of anilines is 1. The molecule has 1 aromatic heterocycles. The van der Waals surface area contributed by atoms with E-state index < -0.39 is 17.8 Å². The molecule has 1 aliphatic rings. The molecule has 2 heterocycles. The quantitative estimate of drug-likeness (QED) is 0.593. The number of urea groups is 1. The predicted molar refractivity (Wildman–Crippen MR) is 116 cm³/mol. The fraction of sp³-hybridized carbons (Fsp3) is 0.348. The van der Waals surface area contributed by atoms with Crippen molar-refractivity contribution in [2.24, 2.45) is 0 Å². The lowest BCUT2D eigenvalue weighted by Crippen LogP contribution is -2.38. The second-order valence-corrected chi connectivity index (χ2v) is 7.74. The van der Waals surface area contributed by atoms with Crippen LogP contribution >= 0.6 is 0 Å². The van der Waals surface area contributed by atoms with Crippen LogP contribution in [0.3, 0.4) is 0 Å². The number of nitrogens with zero attached hydrogens (tertiary/aromatic N) is 2. The zero-order valence-electron chi connectivity index (χ0n) is 17.5. The third kappa shape index (κ3) is 5.60. The number of carbonyl (C=O) groups is 1. The highest BCUT2D eigenvalue weighted by Gasteiger charge is 2.30. The molecule has 2 amide bonds. The van der Waals surface area contributed by atoms with Crippen LogP contribution in [0.5, 0.6) is 0 Å². The molecule has 0 atom stereocenters. The number of fused-ring (bicyclic) bond motifs is 1. The molecule has 1 fully saturated rings. The summed E-state index contributed by atoms with van der Waals surface area (Å²) in [5.41, 5.74) is 1.33. The number of amides is 2. The van der Waals surface area contributed by atoms with Gasteiger partial charge in [-0.2, -0.15) is 13.2 Å². The first-order valence-electron chi connectivity index (χ1n) is 10.5. The maximum Gasteiger partial charge on any atom is 0.416 e. The smallest absolute Gasteiger partial charge is 0.379 e. The second-order valence-electron chi connectivity index (χ2n) is 7.74. The number of aromatic nitrogens is 1. The number of morpholine rings is 1. The lowest BCUT2D eigenvalue weighted by molar-refractivity contribution is -0.137. The van der Waals surface area contributed by atoms with E-state index in [-0.39, 0.29) is 6.54 Å². The number of rotatable bonds is 6. The second kappa shape index (κ2) is 9.62. The Balaban J connectivity index is 1.32. The average Bonchev–Trinajstić information content (AvgIpc) is 3.19. The van der Waals surface area contributed by atoms with Gasteiger partial charge in [0, 0.05) is 55.5 Å². The van der Waals surface area contributed by atoms with Gasteiger partial charge in [0.1, 0.15) is 0 Å². The minimum atomic E-state index is -4.41. The van der Waals surface area contributed by atoms with Crippen molar-refractivity contribution in [1.82, 2.24) is 14.8 Å². The maximum absolute atomic E-state index is 12.8. The molecule has 1 aliphatic heterocycles. The standard InChI is InChI=1S/C23H25F3N4O2/c24-23(25,26)19-3-1-2-17(14-19)16-27-22(31)28-20-4-5-21-18(15-20)6-7-30(21)9-8-29-10-12-32-13-11-29/h1-7,14-15H,8-13,16H2,(H2,27,28,31). The summed E-state index contributed by atoms with van der Waals surface area (Å²) in [6.07, 6.45) is -2.38. The van der Waals surface area contributed by atoms with Crippen LogP contribution in [0.25, 0.3) is 10.9 Å². The molecule has 2 N–H and O–H groups in total. The molecule has 0 aliphatic carbocycles. The van der Waals surface area contributed by atoms with Gasteiger partial charge in [-0.25, -0.2) is 4.79 Å². The third-order valence-electron chi connectivity index (χ3n) is 5.50. The molecule has 1 saturated heterocycles. The number of halogens is 3. The van der Waals surface area contributed by atoms with Crippen LogP contribution in [0.1, 0.15) is 11.1 Å². The molecule has 6 nitrogen and oxygen atoms in total. The topological polar surface area (TPSA) is 58.5 Å². The minimum Gasteiger partial charge on any atom is -0.379 e. The predicted octanol–water partition coefficient (Wildman–Crippen LogP) is 4.31. The van der Waals surface area contributed by atoms with Gasteiger partial charge in [-0.15, -0.1) is 0 Å². The first kappa shape index (κ1) is 22.2. The lowest BCUT2D eigenvalue weighted by Gasteiger charge is -2.26. The summed E-state index contributed by atoms with van der Waals surface area (Å²) in [4.78, 5) is 14.6. The summed E-state index contributed by atoms with van der Waals surface area (Å²) in [6.45, 7) is 5.26. The van der Waals surface area contributed by atoms with Gasteiger partial charge in [-0.3, -0.25) is 4.90 Å². The number of alkyl halides is 3. The summed E-state index contributed by atoms with van der Waals surface area (Å²) in [5.74, 6) is 0. The van der Waals surface area contributed by atoms with Gasteiger partial charge in [0.2, 0.25) is 0 Å². The monoisotopic (exact) mass is 446 g/mol. The van der Waals surface area contributed by atoms with Gasteiger partial charge >= 0.3 is 12.2 Å². The van der Waals surface area contributed by atoms with Crippen LogP contribution in [0.15, 0.2) is 54.7 Å². The van der Waals surface area contributed by atoms with E-state index in [2.05, 4.69) is 20.1 Å². The lowest BCUT2D eigenvalue weighted by atomic mass is 10.1. The highest BCUT2D eigenvalue weighted by molar-refractivity contribution is 5.92. The fourth-order valence-corrected chi connectivity index (χ4v) is 3.76. The molecule has 3 aromatic rings. The Labute approximate surface area is 183 Å². The van der Waals surface area contributed by atoms with Crippen LogP contribution in [-0.2, 0) is 24.0 Å². The highest BCUT2D eigenvalue weighted by atomic mass is 19.4. The number of hydrogen-bond donors (Lipinski definition) is 2. The van der Waals surface area contributed by atoms with Crippen LogP contribution in [0.4, 0.5) is 23.7 Å². The Morgan fingerprint density at radius 1 is 1.03 bits per heavy atom. The van der Waals surface area contributed by atoms with Gasteiger partial charge in [-0.1, -0.05) is 12.1 Å². The Hall–Kier alpha value is -3.04. The van der Waals surface area contributed by atoms with Gasteiger partial charge in [0.15, 0.2) is 0 Å². The molecule has 9 heteroatoms. The van der Waals surface area contributed by atoms with E-state index in [0.717, 1.165) is 62.4 Å². The van der Waals surface area contributed by atoms with E-state index in [0.29, 0.717) is 11.3 Å². The Bertz CT molecular complexity index is 1070. The molecule has 0 radical (unpaired) electrons. The number of carbonyl (C=O) groups excluding carboxylic acids is 1. The van der Waals surface area contributed by atoms with Crippen LogP contribution in [0, 0.1) is 0 Å². The zero-order chi connectivity index (χ0) is 22.6. The van der Waals surface area contributed by atoms with Gasteiger partial charge in [0.25, 0.3) is 0 Å². The van der Waals surface area contributed by atoms with Crippen molar-refractivity contribution in [1.29, 1.82) is 0 Å². The SMILES string of the molecule is O=C(NCc1cccc(C(F)(F)F)c1)Nc1ccc2c(ccn2CCN2CCOCC2)c1. The van der Waals surface area contributed by atoms with E-state index in [1.54, 1.807) is 6.07 Å². The van der Waals surface area contributed by atoms with Gasteiger partial charge in [0.05, 0.1) is 18.8 Å². The summed E-state index contributed by atoms with van der Waals surface area (Å²) < 4.78 is 46.0. The van der Waals surface area contributed by atoms with E-state index in [1.165, 1.54) is 6.07 Å². The minimum absolute atomic E-state index is 0.00405. The Morgan fingerprint density at radius 3 is 2.62 bits per heavy atom. The van der Waals surface area contributed by atoms with E-state index in [1.807, 2.05) is 30.5 Å². The van der Waals surface area contributed by atoms with Crippen LogP contribution in [-0.4, -0.2) is 48.3 Å². The molecular formula is C23H25F3N4O2. The molecule has 0 saturated carbocycles. The number of nitrogens with one attached hydrogen (secondary N) is 2. The summed E-state index contributed by atoms with van der Waals surface area (Å²) in [7, 11) is 0. The normalized spacial score (nSPS) is 15.1. The molecule has 0 spiro atoms. The van der Waals surface area contributed by atoms with E-state index >= 15 is 0 Å². The average molecular weight is 446 g/mol. The molecule has 4 rings (SSSR count). The Morgan fingerprint density at radius 2 is 1.84 bits per heavy atom. The fourth-order valence-electron chi connectivity index (χ4n) is 3.76. The van der Waals surface area contributed by atoms with Crippen molar-refractivity contribution in [2.45, 2.75) is 19.3 Å². The molecule has 170 valence electrons. The van der Waals surface area contributed by atoms with Crippen molar-refractivity contribution < 1.29 is 22.7 Å². The van der Waals surface area contributed by atoms with E-state index in [9.17, 15) is 18.0 Å². The zero-order valence-corrected chi connectivity index (χ0v) is 17.5. The van der Waals surface area contributed by atoms with Gasteiger partial charge < -0.3 is 19.9 Å². The first-order chi connectivity index (χ1) is 15.4.